The second kappa shape index (κ2) is 8.56. The first-order valence-electron chi connectivity index (χ1n) is 10.4. The van der Waals surface area contributed by atoms with Gasteiger partial charge >= 0.3 is 0 Å². The number of aromatic nitrogens is 3. The minimum atomic E-state index is 0.584. The predicted molar refractivity (Wildman–Crippen MR) is 128 cm³/mol. The molecule has 0 unspecified atom stereocenters. The fourth-order valence-electron chi connectivity index (χ4n) is 4.00. The Morgan fingerprint density at radius 1 is 1.23 bits per heavy atom. The van der Waals surface area contributed by atoms with Crippen molar-refractivity contribution in [2.24, 2.45) is 0 Å². The first-order valence-corrected chi connectivity index (χ1v) is 11.2. The van der Waals surface area contributed by atoms with Crippen LogP contribution in [0.1, 0.15) is 5.56 Å². The molecular weight excluding hydrogens is 406 g/mol. The van der Waals surface area contributed by atoms with Gasteiger partial charge in [-0.05, 0) is 54.8 Å². The molecule has 2 aliphatic heterocycles. The lowest BCUT2D eigenvalue weighted by molar-refractivity contribution is 0.588. The number of nitrogens with zero attached hydrogens (tertiary/aromatic N) is 5. The molecule has 158 valence electrons. The van der Waals surface area contributed by atoms with E-state index in [1.807, 2.05) is 24.5 Å². The van der Waals surface area contributed by atoms with Crippen LogP contribution < -0.4 is 19.8 Å². The molecule has 0 radical (unpaired) electrons. The SMILES string of the molecule is C=CCN1Sc2cnc(Nc3ccc(N4CCNCC4)c(C)c3)nc2-c2cccnc21. The number of pyridine rings is 1. The largest absolute Gasteiger partial charge is 0.369 e. The second-order valence-electron chi connectivity index (χ2n) is 7.59. The number of anilines is 4. The Hall–Kier alpha value is -3.10. The van der Waals surface area contributed by atoms with Crippen LogP contribution in [0.2, 0.25) is 0 Å². The van der Waals surface area contributed by atoms with E-state index in [9.17, 15) is 0 Å². The highest BCUT2D eigenvalue weighted by Crippen LogP contribution is 2.44. The molecule has 1 aromatic carbocycles. The van der Waals surface area contributed by atoms with E-state index in [0.29, 0.717) is 12.5 Å². The lowest BCUT2D eigenvalue weighted by atomic mass is 10.1. The molecule has 0 bridgehead atoms. The number of benzene rings is 1. The van der Waals surface area contributed by atoms with Gasteiger partial charge in [0.1, 0.15) is 5.82 Å². The Labute approximate surface area is 186 Å². The molecule has 2 aromatic heterocycles. The summed E-state index contributed by atoms with van der Waals surface area (Å²) in [6.45, 7) is 10.8. The van der Waals surface area contributed by atoms with Crippen molar-refractivity contribution in [1.29, 1.82) is 0 Å². The minimum absolute atomic E-state index is 0.584. The number of nitrogens with one attached hydrogen (secondary N) is 2. The summed E-state index contributed by atoms with van der Waals surface area (Å²) in [7, 11) is 0. The van der Waals surface area contributed by atoms with Gasteiger partial charge in [-0.15, -0.1) is 6.58 Å². The molecule has 2 N–H and O–H groups in total. The smallest absolute Gasteiger partial charge is 0.227 e. The van der Waals surface area contributed by atoms with Gasteiger partial charge in [0.15, 0.2) is 0 Å². The predicted octanol–water partition coefficient (Wildman–Crippen LogP) is 4.01. The van der Waals surface area contributed by atoms with Crippen LogP contribution in [0.15, 0.2) is 60.3 Å². The van der Waals surface area contributed by atoms with Gasteiger partial charge in [0.05, 0.1) is 10.6 Å². The Morgan fingerprint density at radius 2 is 2.10 bits per heavy atom. The number of hydrogen-bond acceptors (Lipinski definition) is 8. The van der Waals surface area contributed by atoms with Crippen LogP contribution in [-0.2, 0) is 0 Å². The zero-order valence-corrected chi connectivity index (χ0v) is 18.3. The van der Waals surface area contributed by atoms with Gasteiger partial charge in [-0.2, -0.15) is 0 Å². The van der Waals surface area contributed by atoms with E-state index in [-0.39, 0.29) is 0 Å². The summed E-state index contributed by atoms with van der Waals surface area (Å²) in [6.07, 6.45) is 5.56. The van der Waals surface area contributed by atoms with Crippen LogP contribution >= 0.6 is 11.9 Å². The van der Waals surface area contributed by atoms with Crippen LogP contribution in [0.25, 0.3) is 11.3 Å². The van der Waals surface area contributed by atoms with Gasteiger partial charge in [0.25, 0.3) is 0 Å². The normalized spacial score (nSPS) is 15.3. The number of rotatable bonds is 5. The Morgan fingerprint density at radius 3 is 2.90 bits per heavy atom. The minimum Gasteiger partial charge on any atom is -0.369 e. The summed E-state index contributed by atoms with van der Waals surface area (Å²) < 4.78 is 2.11. The summed E-state index contributed by atoms with van der Waals surface area (Å²) in [6, 6.07) is 10.4. The first kappa shape index (κ1) is 19.8. The standard InChI is InChI=1S/C23H25N7S/c1-3-11-30-22-18(5-4-8-25-22)21-20(31-30)15-26-23(28-21)27-17-6-7-19(16(2)14-17)29-12-9-24-10-13-29/h3-8,14-15,24H,1,9-13H2,2H3,(H,26,27,28). The van der Waals surface area contributed by atoms with Crippen molar-refractivity contribution < 1.29 is 0 Å². The van der Waals surface area contributed by atoms with E-state index in [2.05, 4.69) is 67.6 Å². The highest BCUT2D eigenvalue weighted by atomic mass is 32.2. The molecule has 0 saturated carbocycles. The van der Waals surface area contributed by atoms with Gasteiger partial charge in [0.2, 0.25) is 5.95 Å². The van der Waals surface area contributed by atoms with Crippen molar-refractivity contribution in [2.75, 3.05) is 47.2 Å². The zero-order chi connectivity index (χ0) is 21.2. The number of aryl methyl sites for hydroxylation is 1. The molecule has 5 rings (SSSR count). The molecule has 31 heavy (non-hydrogen) atoms. The van der Waals surface area contributed by atoms with Gasteiger partial charge in [-0.1, -0.05) is 6.08 Å². The quantitative estimate of drug-likeness (QED) is 0.464. The van der Waals surface area contributed by atoms with Crippen LogP contribution in [-0.4, -0.2) is 47.7 Å². The third-order valence-corrected chi connectivity index (χ3v) is 6.49. The molecular formula is C23H25N7S. The van der Waals surface area contributed by atoms with E-state index in [1.165, 1.54) is 11.3 Å². The third-order valence-electron chi connectivity index (χ3n) is 5.45. The average Bonchev–Trinajstić information content (AvgIpc) is 2.80. The highest BCUT2D eigenvalue weighted by Gasteiger charge is 2.25. The Bertz CT molecular complexity index is 1110. The molecule has 0 aliphatic carbocycles. The van der Waals surface area contributed by atoms with E-state index in [0.717, 1.165) is 53.8 Å². The number of piperazine rings is 1. The van der Waals surface area contributed by atoms with Gasteiger partial charge in [0, 0.05) is 62.1 Å². The molecule has 0 atom stereocenters. The molecule has 8 heteroatoms. The van der Waals surface area contributed by atoms with Gasteiger partial charge in [-0.25, -0.2) is 15.0 Å². The maximum atomic E-state index is 4.83. The molecule has 1 fully saturated rings. The summed E-state index contributed by atoms with van der Waals surface area (Å²) in [4.78, 5) is 17.4. The zero-order valence-electron chi connectivity index (χ0n) is 17.5. The maximum Gasteiger partial charge on any atom is 0.227 e. The first-order chi connectivity index (χ1) is 15.2. The molecule has 7 nitrogen and oxygen atoms in total. The average molecular weight is 432 g/mol. The lowest BCUT2D eigenvalue weighted by Crippen LogP contribution is -2.43. The molecule has 3 aromatic rings. The highest BCUT2D eigenvalue weighted by molar-refractivity contribution is 8.00. The summed E-state index contributed by atoms with van der Waals surface area (Å²) in [5, 5.41) is 6.78. The monoisotopic (exact) mass is 431 g/mol. The molecule has 4 heterocycles. The maximum absolute atomic E-state index is 4.83. The third kappa shape index (κ3) is 3.96. The number of fused-ring (bicyclic) bond motifs is 3. The lowest BCUT2D eigenvalue weighted by Gasteiger charge is -2.31. The van der Waals surface area contributed by atoms with Gasteiger partial charge in [-0.3, -0.25) is 4.31 Å². The van der Waals surface area contributed by atoms with Crippen molar-refractivity contribution in [3.63, 3.8) is 0 Å². The van der Waals surface area contributed by atoms with Crippen LogP contribution in [0.5, 0.6) is 0 Å². The molecule has 0 spiro atoms. The second-order valence-corrected chi connectivity index (χ2v) is 8.65. The summed E-state index contributed by atoms with van der Waals surface area (Å²) in [5.74, 6) is 1.49. The van der Waals surface area contributed by atoms with E-state index < -0.39 is 0 Å². The fourth-order valence-corrected chi connectivity index (χ4v) is 4.99. The van der Waals surface area contributed by atoms with Crippen molar-refractivity contribution in [2.45, 2.75) is 11.8 Å². The summed E-state index contributed by atoms with van der Waals surface area (Å²) in [5.41, 5.74) is 5.43. The summed E-state index contributed by atoms with van der Waals surface area (Å²) >= 11 is 1.60. The van der Waals surface area contributed by atoms with Crippen LogP contribution in [0, 0.1) is 6.92 Å². The topological polar surface area (TPSA) is 69.2 Å². The molecule has 0 amide bonds. The van der Waals surface area contributed by atoms with Gasteiger partial charge < -0.3 is 15.5 Å². The fraction of sp³-hybridized carbons (Fsp3) is 0.261. The molecule has 1 saturated heterocycles. The van der Waals surface area contributed by atoms with Crippen LogP contribution in [0.3, 0.4) is 0 Å². The Balaban J connectivity index is 1.41. The number of hydrogen-bond donors (Lipinski definition) is 2. The van der Waals surface area contributed by atoms with E-state index >= 15 is 0 Å². The van der Waals surface area contributed by atoms with Crippen molar-refractivity contribution in [3.05, 3.63) is 60.9 Å². The van der Waals surface area contributed by atoms with Crippen LogP contribution in [0.4, 0.5) is 23.1 Å². The van der Waals surface area contributed by atoms with Crippen molar-refractivity contribution >= 4 is 35.1 Å². The van der Waals surface area contributed by atoms with Crippen molar-refractivity contribution in [3.8, 4) is 11.3 Å². The molecule has 2 aliphatic rings. The Kier molecular flexibility index (Phi) is 5.48. The van der Waals surface area contributed by atoms with Crippen molar-refractivity contribution in [1.82, 2.24) is 20.3 Å². The van der Waals surface area contributed by atoms with E-state index in [1.54, 1.807) is 11.9 Å². The van der Waals surface area contributed by atoms with E-state index in [4.69, 9.17) is 4.98 Å².